The van der Waals surface area contributed by atoms with E-state index in [0.29, 0.717) is 17.8 Å². The van der Waals surface area contributed by atoms with Crippen LogP contribution in [0.25, 0.3) is 0 Å². The van der Waals surface area contributed by atoms with E-state index < -0.39 is 0 Å². The van der Waals surface area contributed by atoms with E-state index in [1.54, 1.807) is 0 Å². The van der Waals surface area contributed by atoms with Gasteiger partial charge in [-0.25, -0.2) is 0 Å². The third-order valence-corrected chi connectivity index (χ3v) is 3.87. The summed E-state index contributed by atoms with van der Waals surface area (Å²) < 4.78 is 0. The number of hydrogen-bond donors (Lipinski definition) is 1. The molecule has 1 heterocycles. The van der Waals surface area contributed by atoms with E-state index in [1.807, 2.05) is 23.7 Å². The maximum absolute atomic E-state index is 11.6. The Hall–Kier alpha value is -0.220. The number of carbonyl (C=O) groups is 1. The third-order valence-electron chi connectivity index (χ3n) is 2.53. The highest BCUT2D eigenvalue weighted by Crippen LogP contribution is 2.23. The zero-order valence-electron chi connectivity index (χ0n) is 8.54. The summed E-state index contributed by atoms with van der Waals surface area (Å²) in [6, 6.07) is 0.375. The molecule has 13 heavy (non-hydrogen) atoms. The van der Waals surface area contributed by atoms with Gasteiger partial charge in [-0.2, -0.15) is 11.8 Å². The number of nitrogens with zero attached hydrogens (tertiary/aromatic N) is 1. The first kappa shape index (κ1) is 10.9. The molecule has 2 atom stereocenters. The quantitative estimate of drug-likeness (QED) is 0.710. The number of amides is 1. The Labute approximate surface area is 84.2 Å². The van der Waals surface area contributed by atoms with Crippen LogP contribution in [-0.4, -0.2) is 48.0 Å². The standard InChI is InChI=1S/C9H18N2OS/c1-7-8(2)13-5-4-11(7)9(12)6-10-3/h7-8,10H,4-6H2,1-3H3. The van der Waals surface area contributed by atoms with Gasteiger partial charge >= 0.3 is 0 Å². The average Bonchev–Trinajstić information content (AvgIpc) is 2.10. The predicted octanol–water partition coefficient (Wildman–Crippen LogP) is 0.558. The lowest BCUT2D eigenvalue weighted by Gasteiger charge is -2.37. The minimum absolute atomic E-state index is 0.224. The number of nitrogens with one attached hydrogen (secondary N) is 1. The van der Waals surface area contributed by atoms with Gasteiger partial charge in [0.15, 0.2) is 0 Å². The number of thioether (sulfide) groups is 1. The molecule has 1 saturated heterocycles. The fourth-order valence-corrected chi connectivity index (χ4v) is 2.64. The van der Waals surface area contributed by atoms with Crippen molar-refractivity contribution in [1.82, 2.24) is 10.2 Å². The second-order valence-electron chi connectivity index (χ2n) is 3.43. The molecule has 0 aliphatic carbocycles. The molecule has 3 nitrogen and oxygen atoms in total. The van der Waals surface area contributed by atoms with E-state index in [-0.39, 0.29) is 5.91 Å². The van der Waals surface area contributed by atoms with Crippen LogP contribution < -0.4 is 5.32 Å². The molecular formula is C9H18N2OS. The molecule has 0 bridgehead atoms. The number of carbonyl (C=O) groups excluding carboxylic acids is 1. The van der Waals surface area contributed by atoms with Crippen LogP contribution in [0.5, 0.6) is 0 Å². The van der Waals surface area contributed by atoms with Gasteiger partial charge in [-0.05, 0) is 14.0 Å². The highest BCUT2D eigenvalue weighted by molar-refractivity contribution is 8.00. The molecule has 0 radical (unpaired) electrons. The van der Waals surface area contributed by atoms with Gasteiger partial charge in [0.1, 0.15) is 0 Å². The summed E-state index contributed by atoms with van der Waals surface area (Å²) in [6.45, 7) is 5.68. The third kappa shape index (κ3) is 2.61. The van der Waals surface area contributed by atoms with Gasteiger partial charge in [0.25, 0.3) is 0 Å². The summed E-state index contributed by atoms with van der Waals surface area (Å²) in [4.78, 5) is 13.6. The Morgan fingerprint density at radius 1 is 1.62 bits per heavy atom. The summed E-state index contributed by atoms with van der Waals surface area (Å²) in [6.07, 6.45) is 0. The Bertz CT molecular complexity index is 186. The fraction of sp³-hybridized carbons (Fsp3) is 0.889. The van der Waals surface area contributed by atoms with Crippen LogP contribution in [0, 0.1) is 0 Å². The smallest absolute Gasteiger partial charge is 0.236 e. The number of likely N-dealkylation sites (N-methyl/N-ethyl adjacent to an activating group) is 1. The second kappa shape index (κ2) is 4.86. The molecule has 1 N–H and O–H groups in total. The largest absolute Gasteiger partial charge is 0.337 e. The van der Waals surface area contributed by atoms with Crippen LogP contribution >= 0.6 is 11.8 Å². The Morgan fingerprint density at radius 3 is 2.92 bits per heavy atom. The van der Waals surface area contributed by atoms with Crippen molar-refractivity contribution in [2.24, 2.45) is 0 Å². The van der Waals surface area contributed by atoms with Crippen LogP contribution in [0.2, 0.25) is 0 Å². The summed E-state index contributed by atoms with van der Waals surface area (Å²) in [5.41, 5.74) is 0. The summed E-state index contributed by atoms with van der Waals surface area (Å²) >= 11 is 1.95. The van der Waals surface area contributed by atoms with Crippen molar-refractivity contribution in [3.05, 3.63) is 0 Å². The van der Waals surface area contributed by atoms with Crippen molar-refractivity contribution in [1.29, 1.82) is 0 Å². The molecule has 2 unspecified atom stereocenters. The SMILES string of the molecule is CNCC(=O)N1CCSC(C)C1C. The molecule has 0 aromatic heterocycles. The van der Waals surface area contributed by atoms with Gasteiger partial charge in [-0.15, -0.1) is 0 Å². The lowest BCUT2D eigenvalue weighted by Crippen LogP contribution is -2.50. The van der Waals surface area contributed by atoms with Gasteiger partial charge in [0, 0.05) is 23.6 Å². The molecule has 1 aliphatic heterocycles. The molecule has 0 aromatic carbocycles. The molecule has 1 fully saturated rings. The maximum Gasteiger partial charge on any atom is 0.236 e. The van der Waals surface area contributed by atoms with Crippen LogP contribution in [0.3, 0.4) is 0 Å². The molecule has 4 heteroatoms. The molecule has 1 amide bonds. The minimum Gasteiger partial charge on any atom is -0.337 e. The zero-order valence-corrected chi connectivity index (χ0v) is 9.36. The normalized spacial score (nSPS) is 29.0. The van der Waals surface area contributed by atoms with Gasteiger partial charge < -0.3 is 10.2 Å². The molecular weight excluding hydrogens is 184 g/mol. The first-order chi connectivity index (χ1) is 6.16. The Kier molecular flexibility index (Phi) is 4.06. The summed E-state index contributed by atoms with van der Waals surface area (Å²) in [7, 11) is 1.81. The van der Waals surface area contributed by atoms with Crippen LogP contribution in [0.1, 0.15) is 13.8 Å². The van der Waals surface area contributed by atoms with Crippen molar-refractivity contribution in [3.63, 3.8) is 0 Å². The van der Waals surface area contributed by atoms with Gasteiger partial charge in [-0.3, -0.25) is 4.79 Å². The van der Waals surface area contributed by atoms with Gasteiger partial charge in [-0.1, -0.05) is 6.92 Å². The predicted molar refractivity (Wildman–Crippen MR) is 57.0 cm³/mol. The topological polar surface area (TPSA) is 32.3 Å². The Balaban J connectivity index is 2.52. The molecule has 0 saturated carbocycles. The highest BCUT2D eigenvalue weighted by Gasteiger charge is 2.27. The highest BCUT2D eigenvalue weighted by atomic mass is 32.2. The van der Waals surface area contributed by atoms with E-state index in [9.17, 15) is 4.79 Å². The van der Waals surface area contributed by atoms with E-state index in [1.165, 1.54) is 0 Å². The lowest BCUT2D eigenvalue weighted by atomic mass is 10.2. The lowest BCUT2D eigenvalue weighted by molar-refractivity contribution is -0.132. The summed E-state index contributed by atoms with van der Waals surface area (Å²) in [5, 5.41) is 3.47. The van der Waals surface area contributed by atoms with Crippen molar-refractivity contribution >= 4 is 17.7 Å². The second-order valence-corrected chi connectivity index (χ2v) is 4.92. The van der Waals surface area contributed by atoms with Gasteiger partial charge in [0.2, 0.25) is 5.91 Å². The van der Waals surface area contributed by atoms with Crippen molar-refractivity contribution in [2.75, 3.05) is 25.9 Å². The van der Waals surface area contributed by atoms with E-state index >= 15 is 0 Å². The Morgan fingerprint density at radius 2 is 2.31 bits per heavy atom. The number of hydrogen-bond acceptors (Lipinski definition) is 3. The summed E-state index contributed by atoms with van der Waals surface area (Å²) in [5.74, 6) is 1.29. The van der Waals surface area contributed by atoms with Crippen molar-refractivity contribution in [3.8, 4) is 0 Å². The number of rotatable bonds is 2. The van der Waals surface area contributed by atoms with Crippen molar-refractivity contribution in [2.45, 2.75) is 25.1 Å². The van der Waals surface area contributed by atoms with E-state index in [4.69, 9.17) is 0 Å². The average molecular weight is 202 g/mol. The van der Waals surface area contributed by atoms with Crippen LogP contribution in [0.15, 0.2) is 0 Å². The molecule has 76 valence electrons. The zero-order chi connectivity index (χ0) is 9.84. The monoisotopic (exact) mass is 202 g/mol. The van der Waals surface area contributed by atoms with E-state index in [2.05, 4.69) is 19.2 Å². The van der Waals surface area contributed by atoms with Crippen LogP contribution in [-0.2, 0) is 4.79 Å². The van der Waals surface area contributed by atoms with Crippen LogP contribution in [0.4, 0.5) is 0 Å². The first-order valence-corrected chi connectivity index (χ1v) is 5.77. The molecule has 1 aliphatic rings. The molecule has 0 aromatic rings. The minimum atomic E-state index is 0.224. The van der Waals surface area contributed by atoms with Gasteiger partial charge in [0.05, 0.1) is 6.54 Å². The fourth-order valence-electron chi connectivity index (χ4n) is 1.54. The first-order valence-electron chi connectivity index (χ1n) is 4.72. The molecule has 1 rings (SSSR count). The van der Waals surface area contributed by atoms with Crippen molar-refractivity contribution < 1.29 is 4.79 Å². The molecule has 0 spiro atoms. The maximum atomic E-state index is 11.6. The van der Waals surface area contributed by atoms with E-state index in [0.717, 1.165) is 12.3 Å².